The van der Waals surface area contributed by atoms with Crippen molar-refractivity contribution in [3.8, 4) is 5.75 Å². The van der Waals surface area contributed by atoms with Crippen molar-refractivity contribution in [2.75, 3.05) is 7.11 Å². The number of aromatic nitrogens is 1. The standard InChI is InChI=1S/C11H13NO6/c1-3-7(11(17)18-2)12-8(10(15)16)4-6(13)5-9(12)14/h4-5,7,13H,3H2,1-2H3,(H,15,16). The van der Waals surface area contributed by atoms with Gasteiger partial charge in [-0.1, -0.05) is 6.92 Å². The van der Waals surface area contributed by atoms with E-state index in [1.165, 1.54) is 0 Å². The molecular weight excluding hydrogens is 242 g/mol. The molecule has 0 saturated carbocycles. The van der Waals surface area contributed by atoms with Crippen LogP contribution in [0, 0.1) is 0 Å². The van der Waals surface area contributed by atoms with Gasteiger partial charge in [0.15, 0.2) is 0 Å². The summed E-state index contributed by atoms with van der Waals surface area (Å²) in [5.41, 5.74) is -1.23. The van der Waals surface area contributed by atoms with Crippen molar-refractivity contribution in [2.24, 2.45) is 0 Å². The SMILES string of the molecule is CCC(C(=O)OC)n1c(C(=O)O)cc(O)cc1=O. The Kier molecular flexibility index (Phi) is 4.09. The normalized spacial score (nSPS) is 11.9. The molecule has 1 unspecified atom stereocenters. The average Bonchev–Trinajstić information content (AvgIpc) is 2.31. The molecule has 0 amide bonds. The Bertz CT molecular complexity index is 533. The molecule has 1 atom stereocenters. The van der Waals surface area contributed by atoms with Crippen LogP contribution in [-0.2, 0) is 9.53 Å². The second-order valence-electron chi connectivity index (χ2n) is 3.56. The summed E-state index contributed by atoms with van der Waals surface area (Å²) in [5, 5.41) is 18.2. The highest BCUT2D eigenvalue weighted by molar-refractivity contribution is 5.87. The van der Waals surface area contributed by atoms with E-state index in [4.69, 9.17) is 5.11 Å². The molecule has 0 bridgehead atoms. The molecule has 0 saturated heterocycles. The maximum Gasteiger partial charge on any atom is 0.352 e. The lowest BCUT2D eigenvalue weighted by Crippen LogP contribution is -2.33. The Morgan fingerprint density at radius 3 is 2.50 bits per heavy atom. The molecule has 7 heteroatoms. The third-order valence-electron chi connectivity index (χ3n) is 2.44. The number of carbonyl (C=O) groups is 2. The topological polar surface area (TPSA) is 106 Å². The van der Waals surface area contributed by atoms with E-state index < -0.39 is 35.0 Å². The van der Waals surface area contributed by atoms with Gasteiger partial charge in [0.25, 0.3) is 5.56 Å². The number of carboxylic acids is 1. The second kappa shape index (κ2) is 5.35. The molecule has 0 aromatic carbocycles. The number of carboxylic acid groups (broad SMARTS) is 1. The number of pyridine rings is 1. The van der Waals surface area contributed by atoms with Crippen LogP contribution in [0.3, 0.4) is 0 Å². The summed E-state index contributed by atoms with van der Waals surface area (Å²) >= 11 is 0. The van der Waals surface area contributed by atoms with Gasteiger partial charge in [0.05, 0.1) is 7.11 Å². The molecule has 2 N–H and O–H groups in total. The lowest BCUT2D eigenvalue weighted by molar-refractivity contribution is -0.144. The van der Waals surface area contributed by atoms with Gasteiger partial charge in [0.1, 0.15) is 17.5 Å². The third-order valence-corrected chi connectivity index (χ3v) is 2.44. The van der Waals surface area contributed by atoms with Crippen molar-refractivity contribution in [2.45, 2.75) is 19.4 Å². The maximum absolute atomic E-state index is 11.7. The van der Waals surface area contributed by atoms with Gasteiger partial charge in [-0.15, -0.1) is 0 Å². The number of aromatic carboxylic acids is 1. The Morgan fingerprint density at radius 1 is 1.44 bits per heavy atom. The molecule has 1 aromatic heterocycles. The minimum Gasteiger partial charge on any atom is -0.508 e. The number of aromatic hydroxyl groups is 1. The van der Waals surface area contributed by atoms with Crippen molar-refractivity contribution < 1.29 is 24.5 Å². The van der Waals surface area contributed by atoms with E-state index in [9.17, 15) is 19.5 Å². The monoisotopic (exact) mass is 255 g/mol. The second-order valence-corrected chi connectivity index (χ2v) is 3.56. The highest BCUT2D eigenvalue weighted by atomic mass is 16.5. The molecule has 0 aliphatic heterocycles. The quantitative estimate of drug-likeness (QED) is 0.753. The van der Waals surface area contributed by atoms with Crippen LogP contribution in [0.1, 0.15) is 29.9 Å². The van der Waals surface area contributed by atoms with Gasteiger partial charge < -0.3 is 14.9 Å². The van der Waals surface area contributed by atoms with E-state index >= 15 is 0 Å². The lowest BCUT2D eigenvalue weighted by atomic mass is 10.2. The first-order chi connectivity index (χ1) is 8.42. The average molecular weight is 255 g/mol. The summed E-state index contributed by atoms with van der Waals surface area (Å²) in [4.78, 5) is 34.3. The van der Waals surface area contributed by atoms with E-state index in [0.717, 1.165) is 23.8 Å². The zero-order valence-electron chi connectivity index (χ0n) is 9.91. The predicted octanol–water partition coefficient (Wildman–Crippen LogP) is 0.376. The fourth-order valence-electron chi connectivity index (χ4n) is 1.64. The molecule has 0 spiro atoms. The zero-order valence-corrected chi connectivity index (χ0v) is 9.91. The number of hydrogen-bond acceptors (Lipinski definition) is 5. The summed E-state index contributed by atoms with van der Waals surface area (Å²) in [7, 11) is 1.15. The highest BCUT2D eigenvalue weighted by Gasteiger charge is 2.25. The lowest BCUT2D eigenvalue weighted by Gasteiger charge is -2.18. The minimum absolute atomic E-state index is 0.192. The van der Waals surface area contributed by atoms with Crippen LogP contribution in [0.2, 0.25) is 0 Å². The zero-order chi connectivity index (χ0) is 13.9. The smallest absolute Gasteiger partial charge is 0.352 e. The van der Waals surface area contributed by atoms with Gasteiger partial charge >= 0.3 is 11.9 Å². The van der Waals surface area contributed by atoms with Gasteiger partial charge in [-0.3, -0.25) is 9.36 Å². The first-order valence-corrected chi connectivity index (χ1v) is 5.19. The van der Waals surface area contributed by atoms with Crippen LogP contribution in [0.15, 0.2) is 16.9 Å². The van der Waals surface area contributed by atoms with Gasteiger partial charge in [0, 0.05) is 12.1 Å². The molecule has 0 aliphatic carbocycles. The fraction of sp³-hybridized carbons (Fsp3) is 0.364. The summed E-state index contributed by atoms with van der Waals surface area (Å²) < 4.78 is 5.32. The first kappa shape index (κ1) is 13.8. The van der Waals surface area contributed by atoms with E-state index in [0.29, 0.717) is 0 Å². The number of nitrogens with zero attached hydrogens (tertiary/aromatic N) is 1. The Morgan fingerprint density at radius 2 is 2.06 bits per heavy atom. The fourth-order valence-corrected chi connectivity index (χ4v) is 1.64. The van der Waals surface area contributed by atoms with Crippen molar-refractivity contribution in [1.82, 2.24) is 4.57 Å². The number of esters is 1. The predicted molar refractivity (Wildman–Crippen MR) is 60.7 cm³/mol. The van der Waals surface area contributed by atoms with E-state index in [2.05, 4.69) is 4.74 Å². The molecule has 0 aliphatic rings. The number of carbonyl (C=O) groups excluding carboxylic acids is 1. The summed E-state index contributed by atoms with van der Waals surface area (Å²) in [6.45, 7) is 1.62. The molecule has 1 aromatic rings. The summed E-state index contributed by atoms with van der Waals surface area (Å²) in [6, 6.07) is 0.724. The van der Waals surface area contributed by atoms with Crippen LogP contribution >= 0.6 is 0 Å². The first-order valence-electron chi connectivity index (χ1n) is 5.19. The third kappa shape index (κ3) is 2.50. The number of rotatable bonds is 4. The highest BCUT2D eigenvalue weighted by Crippen LogP contribution is 2.17. The molecule has 1 rings (SSSR count). The van der Waals surface area contributed by atoms with Gasteiger partial charge in [-0.2, -0.15) is 0 Å². The van der Waals surface area contributed by atoms with Gasteiger partial charge in [0.2, 0.25) is 0 Å². The van der Waals surface area contributed by atoms with Crippen LogP contribution in [0.4, 0.5) is 0 Å². The molecule has 7 nitrogen and oxygen atoms in total. The van der Waals surface area contributed by atoms with Crippen molar-refractivity contribution in [3.05, 3.63) is 28.2 Å². The molecule has 0 fully saturated rings. The molecule has 0 radical (unpaired) electrons. The summed E-state index contributed by atoms with van der Waals surface area (Å²) in [5.74, 6) is -2.59. The van der Waals surface area contributed by atoms with E-state index in [-0.39, 0.29) is 6.42 Å². The van der Waals surface area contributed by atoms with Crippen LogP contribution in [0.25, 0.3) is 0 Å². The van der Waals surface area contributed by atoms with Crippen LogP contribution in [0.5, 0.6) is 5.75 Å². The van der Waals surface area contributed by atoms with Gasteiger partial charge in [-0.05, 0) is 6.42 Å². The van der Waals surface area contributed by atoms with E-state index in [1.54, 1.807) is 6.92 Å². The molecular formula is C11H13NO6. The Balaban J connectivity index is 3.51. The van der Waals surface area contributed by atoms with Crippen LogP contribution < -0.4 is 5.56 Å². The number of ether oxygens (including phenoxy) is 1. The maximum atomic E-state index is 11.7. The largest absolute Gasteiger partial charge is 0.508 e. The van der Waals surface area contributed by atoms with Crippen LogP contribution in [-0.4, -0.2) is 33.8 Å². The van der Waals surface area contributed by atoms with Crippen molar-refractivity contribution >= 4 is 11.9 Å². The Hall–Kier alpha value is -2.31. The number of hydrogen-bond donors (Lipinski definition) is 2. The molecule has 18 heavy (non-hydrogen) atoms. The van der Waals surface area contributed by atoms with Crippen molar-refractivity contribution in [3.63, 3.8) is 0 Å². The minimum atomic E-state index is -1.41. The molecule has 1 heterocycles. The van der Waals surface area contributed by atoms with Crippen molar-refractivity contribution in [1.29, 1.82) is 0 Å². The Labute approximate surface area is 102 Å². The summed E-state index contributed by atoms with van der Waals surface area (Å²) in [6.07, 6.45) is 0.192. The van der Waals surface area contributed by atoms with E-state index in [1.807, 2.05) is 0 Å². The van der Waals surface area contributed by atoms with Gasteiger partial charge in [-0.25, -0.2) is 9.59 Å². The number of methoxy groups -OCH3 is 1. The molecule has 98 valence electrons.